The number of para-hydroxylation sites is 2. The zero-order valence-corrected chi connectivity index (χ0v) is 35.4. The summed E-state index contributed by atoms with van der Waals surface area (Å²) in [4.78, 5) is 15.5. The highest BCUT2D eigenvalue weighted by molar-refractivity contribution is 6.10. The molecular weight excluding hydrogens is 777 g/mol. The highest BCUT2D eigenvalue weighted by Crippen LogP contribution is 2.80. The Morgan fingerprint density at radius 3 is 1.75 bits per heavy atom. The van der Waals surface area contributed by atoms with Crippen LogP contribution < -0.4 is 0 Å². The topological polar surface area (TPSA) is 43.6 Å². The summed E-state index contributed by atoms with van der Waals surface area (Å²) in [5.41, 5.74) is 18.0. The van der Waals surface area contributed by atoms with Gasteiger partial charge in [-0.3, -0.25) is 0 Å². The average Bonchev–Trinajstić information content (AvgIpc) is 3.90. The van der Waals surface area contributed by atoms with Crippen molar-refractivity contribution in [1.29, 1.82) is 0 Å². The van der Waals surface area contributed by atoms with Gasteiger partial charge in [-0.2, -0.15) is 0 Å². The molecule has 0 saturated heterocycles. The molecular formula is C60H44N4. The first-order chi connectivity index (χ1) is 31.7. The molecule has 14 rings (SSSR count). The first kappa shape index (κ1) is 36.1. The van der Waals surface area contributed by atoms with Gasteiger partial charge in [0.05, 0.1) is 11.0 Å². The third kappa shape index (κ3) is 5.20. The van der Waals surface area contributed by atoms with Crippen LogP contribution in [-0.4, -0.2) is 19.5 Å². The van der Waals surface area contributed by atoms with E-state index in [9.17, 15) is 0 Å². The molecule has 0 N–H and O–H groups in total. The van der Waals surface area contributed by atoms with Crippen molar-refractivity contribution in [2.24, 2.45) is 17.3 Å². The molecule has 64 heavy (non-hydrogen) atoms. The molecule has 4 nitrogen and oxygen atoms in total. The lowest BCUT2D eigenvalue weighted by Gasteiger charge is -2.67. The summed E-state index contributed by atoms with van der Waals surface area (Å²) >= 11 is 0. The van der Waals surface area contributed by atoms with Gasteiger partial charge in [0, 0.05) is 33.2 Å². The van der Waals surface area contributed by atoms with E-state index >= 15 is 0 Å². The van der Waals surface area contributed by atoms with Gasteiger partial charge in [0.2, 0.25) is 0 Å². The molecule has 1 spiro atoms. The van der Waals surface area contributed by atoms with Crippen LogP contribution in [0.1, 0.15) is 48.6 Å². The van der Waals surface area contributed by atoms with E-state index in [1.54, 1.807) is 11.1 Å². The minimum Gasteiger partial charge on any atom is -0.309 e. The fraction of sp³-hybridized carbons (Fsp3) is 0.150. The second-order valence-electron chi connectivity index (χ2n) is 18.7. The Bertz CT molecular complexity index is 3480. The number of fused-ring (bicyclic) bond motifs is 9. The second-order valence-corrected chi connectivity index (χ2v) is 18.7. The first-order valence-corrected chi connectivity index (χ1v) is 23.0. The smallest absolute Gasteiger partial charge is 0.164 e. The van der Waals surface area contributed by atoms with E-state index in [0.29, 0.717) is 34.7 Å². The van der Waals surface area contributed by atoms with Crippen LogP contribution in [0.25, 0.3) is 95.0 Å². The fourth-order valence-corrected chi connectivity index (χ4v) is 13.0. The van der Waals surface area contributed by atoms with Crippen LogP contribution in [-0.2, 0) is 0 Å². The highest BCUT2D eigenvalue weighted by Gasteiger charge is 2.70. The second kappa shape index (κ2) is 13.8. The number of hydrogen-bond donors (Lipinski definition) is 0. The number of aromatic nitrogens is 4. The van der Waals surface area contributed by atoms with Crippen molar-refractivity contribution in [3.63, 3.8) is 0 Å². The molecule has 2 bridgehead atoms. The molecule has 2 aromatic heterocycles. The lowest BCUT2D eigenvalue weighted by atomic mass is 9.36. The summed E-state index contributed by atoms with van der Waals surface area (Å²) in [6, 6.07) is 70.5. The molecule has 5 unspecified atom stereocenters. The molecule has 4 aliphatic rings. The van der Waals surface area contributed by atoms with Crippen LogP contribution >= 0.6 is 0 Å². The van der Waals surface area contributed by atoms with Crippen LogP contribution in [0.5, 0.6) is 0 Å². The molecule has 3 saturated carbocycles. The van der Waals surface area contributed by atoms with Gasteiger partial charge in [0.15, 0.2) is 17.5 Å². The Morgan fingerprint density at radius 2 is 0.969 bits per heavy atom. The normalized spacial score (nSPS) is 21.2. The summed E-state index contributed by atoms with van der Waals surface area (Å²) in [5, 5.41) is 2.36. The number of nitrogens with zero attached hydrogens (tertiary/aromatic N) is 4. The average molecular weight is 821 g/mol. The van der Waals surface area contributed by atoms with Gasteiger partial charge in [-0.05, 0) is 136 Å². The van der Waals surface area contributed by atoms with E-state index in [1.165, 1.54) is 70.0 Å². The molecule has 0 aliphatic heterocycles. The Labute approximate surface area is 373 Å². The monoisotopic (exact) mass is 820 g/mol. The van der Waals surface area contributed by atoms with Crippen molar-refractivity contribution in [3.05, 3.63) is 205 Å². The van der Waals surface area contributed by atoms with Crippen LogP contribution in [0.4, 0.5) is 0 Å². The van der Waals surface area contributed by atoms with Gasteiger partial charge < -0.3 is 4.57 Å². The van der Waals surface area contributed by atoms with Crippen LogP contribution in [0, 0.1) is 17.3 Å². The van der Waals surface area contributed by atoms with Gasteiger partial charge in [-0.15, -0.1) is 0 Å². The first-order valence-electron chi connectivity index (χ1n) is 23.0. The predicted octanol–water partition coefficient (Wildman–Crippen LogP) is 15.0. The van der Waals surface area contributed by atoms with Crippen LogP contribution in [0.15, 0.2) is 194 Å². The summed E-state index contributed by atoms with van der Waals surface area (Å²) in [5.74, 6) is 5.03. The van der Waals surface area contributed by atoms with E-state index in [2.05, 4.69) is 180 Å². The van der Waals surface area contributed by atoms with Crippen LogP contribution in [0.2, 0.25) is 0 Å². The summed E-state index contributed by atoms with van der Waals surface area (Å²) in [6.07, 6.45) is 5.48. The third-order valence-electron chi connectivity index (χ3n) is 15.9. The molecule has 4 heteroatoms. The lowest BCUT2D eigenvalue weighted by molar-refractivity contribution is -0.144. The van der Waals surface area contributed by atoms with Gasteiger partial charge in [-0.1, -0.05) is 158 Å². The zero-order valence-electron chi connectivity index (χ0n) is 35.4. The summed E-state index contributed by atoms with van der Waals surface area (Å²) in [6.45, 7) is 0. The highest BCUT2D eigenvalue weighted by atomic mass is 15.0. The molecule has 8 aromatic carbocycles. The molecule has 10 aromatic rings. The van der Waals surface area contributed by atoms with Crippen molar-refractivity contribution in [2.75, 3.05) is 0 Å². The van der Waals surface area contributed by atoms with E-state index in [-0.39, 0.29) is 0 Å². The Kier molecular flexibility index (Phi) is 7.77. The van der Waals surface area contributed by atoms with Crippen LogP contribution in [0.3, 0.4) is 0 Å². The fourth-order valence-electron chi connectivity index (χ4n) is 13.0. The number of hydrogen-bond acceptors (Lipinski definition) is 3. The number of rotatable bonds is 6. The largest absolute Gasteiger partial charge is 0.309 e. The quantitative estimate of drug-likeness (QED) is 0.168. The Hall–Kier alpha value is -7.43. The van der Waals surface area contributed by atoms with E-state index < -0.39 is 0 Å². The molecule has 5 atom stereocenters. The Morgan fingerprint density at radius 1 is 0.406 bits per heavy atom. The molecule has 2 heterocycles. The maximum absolute atomic E-state index is 5.22. The molecule has 304 valence electrons. The Balaban J connectivity index is 0.876. The number of benzene rings is 8. The van der Waals surface area contributed by atoms with Crippen molar-refractivity contribution < 1.29 is 0 Å². The molecule has 4 aliphatic carbocycles. The predicted molar refractivity (Wildman–Crippen MR) is 260 cm³/mol. The summed E-state index contributed by atoms with van der Waals surface area (Å²) < 4.78 is 2.34. The van der Waals surface area contributed by atoms with Crippen molar-refractivity contribution in [1.82, 2.24) is 19.5 Å². The molecule has 0 radical (unpaired) electrons. The standard InChI is InChI=1S/C60H44N4/c1-3-14-38(15-4-1)57-61-58(63-59(62-57)40-30-31-55-52(33-40)49-22-11-12-25-54(49)64(55)44-16-5-2-6-17-44)39-28-26-37(27-29-39)45-18-7-9-20-47(45)50-23-13-24-51-48-21-10-8-19-46(48)41-32-42-34-43-35-53(56(50)51)60(42,43)36-41/h1-31,33,41-43,53H,32,34-36H2. The maximum atomic E-state index is 5.22. The molecule has 0 amide bonds. The van der Waals surface area contributed by atoms with Gasteiger partial charge in [-0.25, -0.2) is 15.0 Å². The maximum Gasteiger partial charge on any atom is 0.164 e. The van der Waals surface area contributed by atoms with Crippen molar-refractivity contribution in [2.45, 2.75) is 37.5 Å². The summed E-state index contributed by atoms with van der Waals surface area (Å²) in [7, 11) is 0. The van der Waals surface area contributed by atoms with Gasteiger partial charge in [0.25, 0.3) is 0 Å². The van der Waals surface area contributed by atoms with Crippen molar-refractivity contribution in [3.8, 4) is 73.2 Å². The van der Waals surface area contributed by atoms with E-state index in [0.717, 1.165) is 45.1 Å². The minimum atomic E-state index is 0.481. The van der Waals surface area contributed by atoms with Crippen molar-refractivity contribution >= 4 is 21.8 Å². The molecule has 3 fully saturated rings. The van der Waals surface area contributed by atoms with Gasteiger partial charge >= 0.3 is 0 Å². The van der Waals surface area contributed by atoms with E-state index in [4.69, 9.17) is 15.0 Å². The van der Waals surface area contributed by atoms with E-state index in [1.807, 2.05) is 18.2 Å². The third-order valence-corrected chi connectivity index (χ3v) is 15.9. The zero-order chi connectivity index (χ0) is 41.9. The SMILES string of the molecule is c1ccc(-c2nc(-c3ccc(-c4ccccc4-c4cccc5c4C4CC6CC7CC(CC764)c4ccccc4-5)cc3)nc(-c3ccc4c(c3)c3ccccc3n4-c3ccccc3)n2)cc1. The van der Waals surface area contributed by atoms with Gasteiger partial charge in [0.1, 0.15) is 0 Å². The minimum absolute atomic E-state index is 0.481. The lowest BCUT2D eigenvalue weighted by Crippen LogP contribution is -2.59.